The van der Waals surface area contributed by atoms with Crippen molar-refractivity contribution in [2.75, 3.05) is 50.4 Å². The molecule has 2 aliphatic rings. The lowest BCUT2D eigenvalue weighted by molar-refractivity contribution is -0.137. The summed E-state index contributed by atoms with van der Waals surface area (Å²) in [5, 5.41) is 3.21. The normalized spacial score (nSPS) is 17.7. The Balaban J connectivity index is 1.54. The third kappa shape index (κ3) is 5.47. The maximum Gasteiger partial charge on any atom is 0.416 e. The van der Waals surface area contributed by atoms with Gasteiger partial charge in [0.25, 0.3) is 0 Å². The van der Waals surface area contributed by atoms with E-state index < -0.39 is 17.8 Å². The number of ether oxygens (including phenoxy) is 1. The van der Waals surface area contributed by atoms with E-state index in [0.29, 0.717) is 63.6 Å². The number of hydrogen-bond donors (Lipinski definition) is 2. The second-order valence-electron chi connectivity index (χ2n) is 8.39. The first kappa shape index (κ1) is 24.3. The number of hydrogen-bond acceptors (Lipinski definition) is 6. The van der Waals surface area contributed by atoms with E-state index in [2.05, 4.69) is 15.3 Å². The second kappa shape index (κ2) is 9.83. The third-order valence-corrected chi connectivity index (χ3v) is 6.20. The number of nitrogens with two attached hydrogens (primary N) is 1. The Labute approximate surface area is 200 Å². The maximum atomic E-state index is 13.2. The van der Waals surface area contributed by atoms with Crippen LogP contribution in [0.4, 0.5) is 29.5 Å². The molecule has 0 unspecified atom stereocenters. The molecule has 3 N–H and O–H groups in total. The summed E-state index contributed by atoms with van der Waals surface area (Å²) in [6, 6.07) is 2.89. The smallest absolute Gasteiger partial charge is 0.399 e. The highest BCUT2D eigenvalue weighted by Gasteiger charge is 2.32. The molecule has 1 aromatic carbocycles. The summed E-state index contributed by atoms with van der Waals surface area (Å²) in [6.45, 7) is 4.82. The molecule has 1 atom stereocenters. The van der Waals surface area contributed by atoms with Crippen LogP contribution in [0, 0.1) is 0 Å². The van der Waals surface area contributed by atoms with Crippen LogP contribution in [-0.2, 0) is 23.8 Å². The van der Waals surface area contributed by atoms with E-state index in [-0.39, 0.29) is 17.0 Å². The zero-order valence-electron chi connectivity index (χ0n) is 18.7. The molecular formula is C22H26ClF3N6O2. The van der Waals surface area contributed by atoms with Gasteiger partial charge in [-0.15, -0.1) is 0 Å². The molecule has 8 nitrogen and oxygen atoms in total. The lowest BCUT2D eigenvalue weighted by atomic mass is 10.0. The molecule has 34 heavy (non-hydrogen) atoms. The zero-order chi connectivity index (χ0) is 24.5. The predicted molar refractivity (Wildman–Crippen MR) is 122 cm³/mol. The predicted octanol–water partition coefficient (Wildman–Crippen LogP) is 3.76. The Morgan fingerprint density at radius 1 is 1.12 bits per heavy atom. The van der Waals surface area contributed by atoms with Gasteiger partial charge in [-0.1, -0.05) is 0 Å². The van der Waals surface area contributed by atoms with Gasteiger partial charge in [-0.25, -0.2) is 14.8 Å². The molecule has 2 amide bonds. The number of aromatic nitrogens is 2. The Morgan fingerprint density at radius 2 is 1.79 bits per heavy atom. The van der Waals surface area contributed by atoms with Gasteiger partial charge in [0.2, 0.25) is 5.28 Å². The Kier molecular flexibility index (Phi) is 7.04. The Morgan fingerprint density at radius 3 is 2.50 bits per heavy atom. The molecule has 4 rings (SSSR count). The highest BCUT2D eigenvalue weighted by Crippen LogP contribution is 2.34. The van der Waals surface area contributed by atoms with Crippen molar-refractivity contribution in [1.29, 1.82) is 0 Å². The minimum atomic E-state index is -4.50. The van der Waals surface area contributed by atoms with E-state index in [4.69, 9.17) is 22.1 Å². The molecule has 0 aliphatic carbocycles. The van der Waals surface area contributed by atoms with E-state index in [1.165, 1.54) is 6.07 Å². The summed E-state index contributed by atoms with van der Waals surface area (Å²) in [5.74, 6) is 0.444. The van der Waals surface area contributed by atoms with Gasteiger partial charge in [-0.05, 0) is 48.7 Å². The number of halogens is 4. The lowest BCUT2D eigenvalue weighted by Crippen LogP contribution is -2.48. The molecule has 1 saturated heterocycles. The number of amides is 2. The van der Waals surface area contributed by atoms with Crippen molar-refractivity contribution in [1.82, 2.24) is 19.8 Å². The highest BCUT2D eigenvalue weighted by atomic mass is 35.5. The standard InChI is InChI=1S/C22H26ClF3N6O2/c1-13(14-10-15(22(24,25)26)12-16(27)11-14)28-19-17-2-4-31(5-3-18(17)29-20(23)30-19)21(33)32-6-8-34-9-7-32/h10-13H,2-9,27H2,1H3,(H,28,29,30)/t13-/m1/s1. The van der Waals surface area contributed by atoms with Crippen molar-refractivity contribution in [3.05, 3.63) is 45.9 Å². The largest absolute Gasteiger partial charge is 0.416 e. The number of nitrogens with zero attached hydrogens (tertiary/aromatic N) is 4. The molecule has 1 aromatic heterocycles. The van der Waals surface area contributed by atoms with Gasteiger partial charge in [0, 0.05) is 43.9 Å². The molecule has 0 radical (unpaired) electrons. The van der Waals surface area contributed by atoms with Gasteiger partial charge in [0.05, 0.1) is 30.5 Å². The molecule has 3 heterocycles. The van der Waals surface area contributed by atoms with Crippen LogP contribution < -0.4 is 11.1 Å². The van der Waals surface area contributed by atoms with E-state index >= 15 is 0 Å². The molecule has 0 spiro atoms. The average Bonchev–Trinajstić information content (AvgIpc) is 3.01. The number of urea groups is 1. The Hall–Kier alpha value is -2.79. The van der Waals surface area contributed by atoms with Crippen molar-refractivity contribution in [3.63, 3.8) is 0 Å². The monoisotopic (exact) mass is 498 g/mol. The number of anilines is 2. The third-order valence-electron chi connectivity index (χ3n) is 6.03. The van der Waals surface area contributed by atoms with Crippen LogP contribution in [0.5, 0.6) is 0 Å². The number of fused-ring (bicyclic) bond motifs is 1. The van der Waals surface area contributed by atoms with Crippen molar-refractivity contribution < 1.29 is 22.7 Å². The van der Waals surface area contributed by atoms with Crippen LogP contribution in [0.15, 0.2) is 18.2 Å². The topological polar surface area (TPSA) is 96.6 Å². The molecule has 0 bridgehead atoms. The van der Waals surface area contributed by atoms with E-state index in [1.807, 2.05) is 0 Å². The lowest BCUT2D eigenvalue weighted by Gasteiger charge is -2.32. The summed E-state index contributed by atoms with van der Waals surface area (Å²) in [5.41, 5.74) is 6.82. The molecule has 12 heteroatoms. The summed E-state index contributed by atoms with van der Waals surface area (Å²) < 4.78 is 45.0. The average molecular weight is 499 g/mol. The van der Waals surface area contributed by atoms with Gasteiger partial charge in [0.15, 0.2) is 0 Å². The van der Waals surface area contributed by atoms with Gasteiger partial charge < -0.3 is 25.6 Å². The Bertz CT molecular complexity index is 1060. The van der Waals surface area contributed by atoms with Gasteiger partial charge in [-0.2, -0.15) is 13.2 Å². The number of nitrogen functional groups attached to an aromatic ring is 1. The second-order valence-corrected chi connectivity index (χ2v) is 8.73. The van der Waals surface area contributed by atoms with Gasteiger partial charge in [0.1, 0.15) is 5.82 Å². The van der Waals surface area contributed by atoms with Gasteiger partial charge >= 0.3 is 12.2 Å². The van der Waals surface area contributed by atoms with Gasteiger partial charge in [-0.3, -0.25) is 0 Å². The maximum absolute atomic E-state index is 13.2. The number of morpholine rings is 1. The minimum absolute atomic E-state index is 0.0234. The summed E-state index contributed by atoms with van der Waals surface area (Å²) in [4.78, 5) is 25.1. The van der Waals surface area contributed by atoms with Crippen LogP contribution in [0.2, 0.25) is 5.28 Å². The first-order chi connectivity index (χ1) is 16.1. The fourth-order valence-corrected chi connectivity index (χ4v) is 4.40. The molecule has 0 saturated carbocycles. The van der Waals surface area contributed by atoms with Crippen LogP contribution >= 0.6 is 11.6 Å². The number of carbonyl (C=O) groups excluding carboxylic acids is 1. The fraction of sp³-hybridized carbons (Fsp3) is 0.500. The molecule has 184 valence electrons. The van der Waals surface area contributed by atoms with E-state index in [1.54, 1.807) is 16.7 Å². The SMILES string of the molecule is C[C@@H](Nc1nc(Cl)nc2c1CCN(C(=O)N1CCOCC1)CC2)c1cc(N)cc(C(F)(F)F)c1. The number of benzene rings is 1. The summed E-state index contributed by atoms with van der Waals surface area (Å²) in [7, 11) is 0. The van der Waals surface area contributed by atoms with Crippen LogP contribution in [-0.4, -0.2) is 65.2 Å². The zero-order valence-corrected chi connectivity index (χ0v) is 19.4. The first-order valence-corrected chi connectivity index (χ1v) is 11.4. The molecule has 2 aliphatic heterocycles. The van der Waals surface area contributed by atoms with E-state index in [9.17, 15) is 18.0 Å². The van der Waals surface area contributed by atoms with Crippen molar-refractivity contribution >= 4 is 29.1 Å². The number of rotatable bonds is 3. The summed E-state index contributed by atoms with van der Waals surface area (Å²) >= 11 is 6.16. The number of carbonyl (C=O) groups is 1. The van der Waals surface area contributed by atoms with Crippen LogP contribution in [0.1, 0.15) is 35.3 Å². The molecule has 2 aromatic rings. The van der Waals surface area contributed by atoms with Crippen molar-refractivity contribution in [3.8, 4) is 0 Å². The van der Waals surface area contributed by atoms with Crippen molar-refractivity contribution in [2.45, 2.75) is 32.0 Å². The first-order valence-electron chi connectivity index (χ1n) is 11.0. The minimum Gasteiger partial charge on any atom is -0.399 e. The summed E-state index contributed by atoms with van der Waals surface area (Å²) in [6.07, 6.45) is -3.52. The quantitative estimate of drug-likeness (QED) is 0.494. The number of alkyl halides is 3. The van der Waals surface area contributed by atoms with Crippen LogP contribution in [0.25, 0.3) is 0 Å². The number of nitrogens with one attached hydrogen (secondary N) is 1. The highest BCUT2D eigenvalue weighted by molar-refractivity contribution is 6.28. The van der Waals surface area contributed by atoms with E-state index in [0.717, 1.165) is 23.4 Å². The molecular weight excluding hydrogens is 473 g/mol. The fourth-order valence-electron chi connectivity index (χ4n) is 4.21. The van der Waals surface area contributed by atoms with Crippen LogP contribution in [0.3, 0.4) is 0 Å². The molecule has 1 fully saturated rings. The van der Waals surface area contributed by atoms with Crippen molar-refractivity contribution in [2.24, 2.45) is 0 Å².